The third-order valence-corrected chi connectivity index (χ3v) is 9.86. The van der Waals surface area contributed by atoms with Crippen LogP contribution in [0.25, 0.3) is 0 Å². The van der Waals surface area contributed by atoms with Gasteiger partial charge < -0.3 is 5.11 Å². The van der Waals surface area contributed by atoms with E-state index >= 15 is 0 Å². The van der Waals surface area contributed by atoms with Crippen LogP contribution in [0.3, 0.4) is 0 Å². The molecule has 1 heteroatoms. The van der Waals surface area contributed by atoms with Gasteiger partial charge >= 0.3 is 0 Å². The average Bonchev–Trinajstić information content (AvgIpc) is 3.03. The van der Waals surface area contributed by atoms with E-state index in [9.17, 15) is 5.11 Å². The Balaban J connectivity index is 1.53. The Kier molecular flexibility index (Phi) is 6.37. The summed E-state index contributed by atoms with van der Waals surface area (Å²) in [6, 6.07) is 0. The van der Waals surface area contributed by atoms with Crippen molar-refractivity contribution in [2.45, 2.75) is 104 Å². The largest absolute Gasteiger partial charge is 0.385 e. The first-order valence-electron chi connectivity index (χ1n) is 12.9. The van der Waals surface area contributed by atoms with Crippen LogP contribution in [-0.2, 0) is 0 Å². The van der Waals surface area contributed by atoms with Crippen molar-refractivity contribution in [1.82, 2.24) is 0 Å². The highest BCUT2D eigenvalue weighted by Crippen LogP contribution is 2.63. The van der Waals surface area contributed by atoms with E-state index in [2.05, 4.69) is 52.0 Å². The number of hydrogen-bond acceptors (Lipinski definition) is 1. The predicted molar refractivity (Wildman–Crippen MR) is 124 cm³/mol. The summed E-state index contributed by atoms with van der Waals surface area (Å²) in [6.07, 6.45) is 23.9. The molecule has 0 radical (unpaired) electrons. The lowest BCUT2D eigenvalue weighted by molar-refractivity contribution is -0.120. The Morgan fingerprint density at radius 2 is 1.79 bits per heavy atom. The zero-order chi connectivity index (χ0) is 20.6. The second kappa shape index (κ2) is 8.52. The quantitative estimate of drug-likeness (QED) is 0.474. The number of hydrogen-bond donors (Lipinski definition) is 1. The molecule has 2 saturated carbocycles. The van der Waals surface area contributed by atoms with Gasteiger partial charge in [0, 0.05) is 0 Å². The standard InChI is InChI=1S/C28H46O/c1-20(2)8-7-9-21(3)25-14-15-26-27(25,4)18-17-24-13-12-22-10-5-6-11-23(22)16-19-28(24,26)29/h6,11,16,19-26,29H,5,7-10,12-15,17-18H2,1-4H3/t21-,22+,23+,24-,25-,26-,27-,28+/m1/s1. The molecule has 0 heterocycles. The normalized spacial score (nSPS) is 45.2. The highest BCUT2D eigenvalue weighted by atomic mass is 16.3. The first-order valence-corrected chi connectivity index (χ1v) is 12.9. The molecular formula is C28H46O. The van der Waals surface area contributed by atoms with E-state index in [0.29, 0.717) is 23.2 Å². The van der Waals surface area contributed by atoms with Crippen LogP contribution in [0, 0.1) is 46.8 Å². The van der Waals surface area contributed by atoms with E-state index in [1.807, 2.05) is 0 Å². The molecule has 4 rings (SSSR count). The second-order valence-electron chi connectivity index (χ2n) is 11.9. The maximum atomic E-state index is 12.2. The minimum atomic E-state index is -0.560. The van der Waals surface area contributed by atoms with Crippen molar-refractivity contribution in [3.63, 3.8) is 0 Å². The second-order valence-corrected chi connectivity index (χ2v) is 11.9. The summed E-state index contributed by atoms with van der Waals surface area (Å²) in [5.74, 6) is 4.74. The maximum absolute atomic E-state index is 12.2. The van der Waals surface area contributed by atoms with Crippen LogP contribution < -0.4 is 0 Å². The van der Waals surface area contributed by atoms with Gasteiger partial charge in [0.2, 0.25) is 0 Å². The van der Waals surface area contributed by atoms with Gasteiger partial charge in [-0.05, 0) is 98.2 Å². The molecule has 164 valence electrons. The molecule has 1 nitrogen and oxygen atoms in total. The number of rotatable bonds is 5. The number of aliphatic hydroxyl groups is 1. The van der Waals surface area contributed by atoms with E-state index < -0.39 is 5.60 Å². The lowest BCUT2D eigenvalue weighted by Gasteiger charge is -2.54. The van der Waals surface area contributed by atoms with E-state index in [1.165, 1.54) is 70.6 Å². The van der Waals surface area contributed by atoms with E-state index in [1.54, 1.807) is 0 Å². The molecule has 29 heavy (non-hydrogen) atoms. The topological polar surface area (TPSA) is 20.2 Å². The van der Waals surface area contributed by atoms with Crippen molar-refractivity contribution >= 4 is 0 Å². The first kappa shape index (κ1) is 21.7. The van der Waals surface area contributed by atoms with Crippen LogP contribution in [0.2, 0.25) is 0 Å². The molecule has 0 unspecified atom stereocenters. The zero-order valence-corrected chi connectivity index (χ0v) is 19.6. The van der Waals surface area contributed by atoms with E-state index in [0.717, 1.165) is 23.7 Å². The van der Waals surface area contributed by atoms with Gasteiger partial charge in [0.25, 0.3) is 0 Å². The minimum Gasteiger partial charge on any atom is -0.385 e. The van der Waals surface area contributed by atoms with Crippen molar-refractivity contribution in [2.75, 3.05) is 0 Å². The Morgan fingerprint density at radius 1 is 0.966 bits per heavy atom. The summed E-state index contributed by atoms with van der Waals surface area (Å²) < 4.78 is 0. The molecule has 0 bridgehead atoms. The summed E-state index contributed by atoms with van der Waals surface area (Å²) in [5.41, 5.74) is -0.233. The molecule has 0 aromatic rings. The van der Waals surface area contributed by atoms with Crippen LogP contribution in [0.5, 0.6) is 0 Å². The monoisotopic (exact) mass is 398 g/mol. The van der Waals surface area contributed by atoms with Crippen LogP contribution in [-0.4, -0.2) is 10.7 Å². The molecule has 0 spiro atoms. The van der Waals surface area contributed by atoms with Gasteiger partial charge in [0.15, 0.2) is 0 Å². The zero-order valence-electron chi connectivity index (χ0n) is 19.6. The molecule has 0 saturated heterocycles. The van der Waals surface area contributed by atoms with Gasteiger partial charge in [-0.25, -0.2) is 0 Å². The maximum Gasteiger partial charge on any atom is 0.0889 e. The summed E-state index contributed by atoms with van der Waals surface area (Å²) in [4.78, 5) is 0. The van der Waals surface area contributed by atoms with Crippen molar-refractivity contribution in [3.05, 3.63) is 24.3 Å². The Labute approximate surface area is 180 Å². The van der Waals surface area contributed by atoms with Gasteiger partial charge in [-0.3, -0.25) is 0 Å². The molecule has 0 amide bonds. The highest BCUT2D eigenvalue weighted by Gasteiger charge is 2.60. The van der Waals surface area contributed by atoms with Crippen molar-refractivity contribution in [1.29, 1.82) is 0 Å². The Hall–Kier alpha value is -0.560. The minimum absolute atomic E-state index is 0.327. The van der Waals surface area contributed by atoms with Crippen LogP contribution in [0.15, 0.2) is 24.3 Å². The summed E-state index contributed by atoms with van der Waals surface area (Å²) in [5, 5.41) is 12.2. The van der Waals surface area contributed by atoms with E-state index in [-0.39, 0.29) is 0 Å². The fourth-order valence-electron chi connectivity index (χ4n) is 8.15. The van der Waals surface area contributed by atoms with Crippen LogP contribution in [0.1, 0.15) is 98.3 Å². The number of allylic oxidation sites excluding steroid dienone is 3. The molecule has 2 fully saturated rings. The third-order valence-electron chi connectivity index (χ3n) is 9.86. The van der Waals surface area contributed by atoms with Crippen molar-refractivity contribution < 1.29 is 5.11 Å². The van der Waals surface area contributed by atoms with Gasteiger partial charge in [0.05, 0.1) is 5.60 Å². The lowest BCUT2D eigenvalue weighted by atomic mass is 9.53. The summed E-state index contributed by atoms with van der Waals surface area (Å²) in [7, 11) is 0. The van der Waals surface area contributed by atoms with Crippen molar-refractivity contribution in [3.8, 4) is 0 Å². The SMILES string of the molecule is CC(C)CCC[C@@H](C)[C@H]1CC[C@H]2[C@]3(O)C=C[C@@H]4C=CCC[C@H]4CC[C@@H]3CC[C@]12C. The highest BCUT2D eigenvalue weighted by molar-refractivity contribution is 5.21. The lowest BCUT2D eigenvalue weighted by Crippen LogP contribution is -2.54. The Morgan fingerprint density at radius 3 is 2.59 bits per heavy atom. The summed E-state index contributed by atoms with van der Waals surface area (Å²) in [6.45, 7) is 9.77. The third kappa shape index (κ3) is 4.02. The molecule has 0 aromatic carbocycles. The fraction of sp³-hybridized carbons (Fsp3) is 0.857. The first-order chi connectivity index (χ1) is 13.8. The van der Waals surface area contributed by atoms with Gasteiger partial charge in [-0.1, -0.05) is 71.3 Å². The summed E-state index contributed by atoms with van der Waals surface area (Å²) >= 11 is 0. The molecule has 4 aliphatic rings. The molecule has 0 aromatic heterocycles. The molecule has 4 aliphatic carbocycles. The molecule has 0 aliphatic heterocycles. The van der Waals surface area contributed by atoms with E-state index in [4.69, 9.17) is 0 Å². The Bertz CT molecular complexity index is 618. The molecule has 8 atom stereocenters. The average molecular weight is 399 g/mol. The van der Waals surface area contributed by atoms with Gasteiger partial charge in [0.1, 0.15) is 0 Å². The predicted octanol–water partition coefficient (Wildman–Crippen LogP) is 7.55. The van der Waals surface area contributed by atoms with Gasteiger partial charge in [-0.2, -0.15) is 0 Å². The molecular weight excluding hydrogens is 352 g/mol. The van der Waals surface area contributed by atoms with Gasteiger partial charge in [-0.15, -0.1) is 0 Å². The molecule has 1 N–H and O–H groups in total. The van der Waals surface area contributed by atoms with Crippen LogP contribution >= 0.6 is 0 Å². The van der Waals surface area contributed by atoms with Crippen molar-refractivity contribution in [2.24, 2.45) is 46.8 Å². The van der Waals surface area contributed by atoms with Crippen LogP contribution in [0.4, 0.5) is 0 Å². The smallest absolute Gasteiger partial charge is 0.0889 e. The number of fused-ring (bicyclic) bond motifs is 4. The fourth-order valence-corrected chi connectivity index (χ4v) is 8.15.